The summed E-state index contributed by atoms with van der Waals surface area (Å²) in [5.41, 5.74) is 1.91. The minimum atomic E-state index is -0.389. The molecule has 0 atom stereocenters. The van der Waals surface area contributed by atoms with Gasteiger partial charge in [-0.1, -0.05) is 24.3 Å². The summed E-state index contributed by atoms with van der Waals surface area (Å²) in [5.74, 6) is -0.222. The lowest BCUT2D eigenvalue weighted by molar-refractivity contribution is 0.0528. The molecule has 19 heavy (non-hydrogen) atoms. The second kappa shape index (κ2) is 4.68. The molecule has 96 valence electrons. The van der Waals surface area contributed by atoms with Crippen molar-refractivity contribution in [3.05, 3.63) is 54.0 Å². The highest BCUT2D eigenvalue weighted by molar-refractivity contribution is 5.95. The van der Waals surface area contributed by atoms with E-state index in [1.807, 2.05) is 18.2 Å². The van der Waals surface area contributed by atoms with Gasteiger partial charge in [0.1, 0.15) is 5.56 Å². The van der Waals surface area contributed by atoms with Gasteiger partial charge < -0.3 is 4.74 Å². The Bertz CT molecular complexity index is 673. The fourth-order valence-electron chi connectivity index (χ4n) is 2.14. The number of rotatable bonds is 3. The first-order valence-electron chi connectivity index (χ1n) is 6.16. The van der Waals surface area contributed by atoms with Crippen molar-refractivity contribution in [3.8, 4) is 0 Å². The molecular formula is C14H13N3O2. The highest BCUT2D eigenvalue weighted by Crippen LogP contribution is 2.23. The molecule has 0 radical (unpaired) electrons. The van der Waals surface area contributed by atoms with E-state index in [-0.39, 0.29) is 11.9 Å². The van der Waals surface area contributed by atoms with E-state index in [1.54, 1.807) is 17.6 Å². The van der Waals surface area contributed by atoms with E-state index in [0.717, 1.165) is 5.69 Å². The lowest BCUT2D eigenvalue weighted by Crippen LogP contribution is -2.06. The van der Waals surface area contributed by atoms with E-state index in [9.17, 15) is 4.79 Å². The number of hydrogen-bond acceptors (Lipinski definition) is 4. The van der Waals surface area contributed by atoms with E-state index in [4.69, 9.17) is 4.74 Å². The molecule has 0 amide bonds. The molecule has 2 heterocycles. The monoisotopic (exact) mass is 255 g/mol. The first kappa shape index (κ1) is 11.6. The van der Waals surface area contributed by atoms with Crippen LogP contribution >= 0.6 is 0 Å². The third kappa shape index (κ3) is 1.93. The predicted molar refractivity (Wildman–Crippen MR) is 70.0 cm³/mol. The van der Waals surface area contributed by atoms with Crippen molar-refractivity contribution in [1.82, 2.24) is 14.6 Å². The van der Waals surface area contributed by atoms with Crippen molar-refractivity contribution in [2.45, 2.75) is 12.8 Å². The van der Waals surface area contributed by atoms with Gasteiger partial charge in [0, 0.05) is 12.1 Å². The summed E-state index contributed by atoms with van der Waals surface area (Å²) in [6, 6.07) is 1.90. The van der Waals surface area contributed by atoms with E-state index < -0.39 is 0 Å². The predicted octanol–water partition coefficient (Wildman–Crippen LogP) is 2.12. The van der Waals surface area contributed by atoms with Crippen LogP contribution in [0, 0.1) is 0 Å². The number of hydrogen-bond donors (Lipinski definition) is 0. The van der Waals surface area contributed by atoms with Crippen molar-refractivity contribution in [1.29, 1.82) is 0 Å². The lowest BCUT2D eigenvalue weighted by atomic mass is 10.1. The van der Waals surface area contributed by atoms with Crippen LogP contribution in [0.15, 0.2) is 42.8 Å². The quantitative estimate of drug-likeness (QED) is 0.788. The molecule has 1 aliphatic carbocycles. The first-order chi connectivity index (χ1) is 9.31. The Morgan fingerprint density at radius 2 is 2.21 bits per heavy atom. The summed E-state index contributed by atoms with van der Waals surface area (Å²) >= 11 is 0. The topological polar surface area (TPSA) is 56.5 Å². The first-order valence-corrected chi connectivity index (χ1v) is 6.16. The van der Waals surface area contributed by atoms with Crippen LogP contribution in [-0.4, -0.2) is 27.2 Å². The van der Waals surface area contributed by atoms with Crippen molar-refractivity contribution in [2.75, 3.05) is 6.61 Å². The molecule has 5 heteroatoms. The normalized spacial score (nSPS) is 14.4. The molecule has 2 aromatic heterocycles. The molecule has 0 saturated carbocycles. The van der Waals surface area contributed by atoms with Crippen LogP contribution in [0.4, 0.5) is 0 Å². The third-order valence-electron chi connectivity index (χ3n) is 3.02. The van der Waals surface area contributed by atoms with Crippen LogP contribution in [0.25, 0.3) is 5.65 Å². The Hall–Kier alpha value is -2.43. The molecule has 3 rings (SSSR count). The second-order valence-electron chi connectivity index (χ2n) is 4.18. The zero-order valence-electron chi connectivity index (χ0n) is 10.5. The van der Waals surface area contributed by atoms with Gasteiger partial charge in [-0.25, -0.2) is 14.3 Å². The zero-order chi connectivity index (χ0) is 13.2. The standard InChI is InChI=1S/C14H13N3O2/c1-2-19-14(18)11-9-16-17-12(7-8-15-13(11)17)10-5-3-4-6-10/h3-10H,2H2,1H3. The van der Waals surface area contributed by atoms with Gasteiger partial charge in [-0.2, -0.15) is 5.10 Å². The smallest absolute Gasteiger partial charge is 0.343 e. The van der Waals surface area contributed by atoms with Crippen molar-refractivity contribution >= 4 is 11.6 Å². The summed E-state index contributed by atoms with van der Waals surface area (Å²) in [7, 11) is 0. The molecule has 0 bridgehead atoms. The highest BCUT2D eigenvalue weighted by atomic mass is 16.5. The van der Waals surface area contributed by atoms with Crippen molar-refractivity contribution in [2.24, 2.45) is 0 Å². The fraction of sp³-hybridized carbons (Fsp3) is 0.214. The van der Waals surface area contributed by atoms with Crippen LogP contribution in [-0.2, 0) is 4.74 Å². The lowest BCUT2D eigenvalue weighted by Gasteiger charge is -2.08. The highest BCUT2D eigenvalue weighted by Gasteiger charge is 2.18. The summed E-state index contributed by atoms with van der Waals surface area (Å²) in [6.07, 6.45) is 11.3. The van der Waals surface area contributed by atoms with Gasteiger partial charge in [0.05, 0.1) is 18.5 Å². The molecule has 0 aliphatic heterocycles. The van der Waals surface area contributed by atoms with Gasteiger partial charge in [-0.15, -0.1) is 0 Å². The molecule has 5 nitrogen and oxygen atoms in total. The minimum Gasteiger partial charge on any atom is -0.462 e. The van der Waals surface area contributed by atoms with Gasteiger partial charge >= 0.3 is 5.97 Å². The van der Waals surface area contributed by atoms with Gasteiger partial charge in [-0.3, -0.25) is 0 Å². The Morgan fingerprint density at radius 3 is 2.95 bits per heavy atom. The number of carbonyl (C=O) groups excluding carboxylic acids is 1. The number of esters is 1. The Kier molecular flexibility index (Phi) is 2.87. The van der Waals surface area contributed by atoms with Gasteiger partial charge in [0.2, 0.25) is 0 Å². The molecule has 0 unspecified atom stereocenters. The molecular weight excluding hydrogens is 242 g/mol. The number of fused-ring (bicyclic) bond motifs is 1. The SMILES string of the molecule is CCOC(=O)c1cnn2c(C3C=CC=C3)ccnc12. The minimum absolute atomic E-state index is 0.167. The summed E-state index contributed by atoms with van der Waals surface area (Å²) in [6.45, 7) is 2.11. The van der Waals surface area contributed by atoms with E-state index in [0.29, 0.717) is 17.8 Å². The average molecular weight is 255 g/mol. The summed E-state index contributed by atoms with van der Waals surface area (Å²) < 4.78 is 6.69. The zero-order valence-corrected chi connectivity index (χ0v) is 10.5. The van der Waals surface area contributed by atoms with Gasteiger partial charge in [0.25, 0.3) is 0 Å². The molecule has 0 saturated heterocycles. The molecule has 0 aromatic carbocycles. The number of aromatic nitrogens is 3. The average Bonchev–Trinajstić information content (AvgIpc) is 3.08. The van der Waals surface area contributed by atoms with Crippen LogP contribution in [0.1, 0.15) is 28.9 Å². The maximum Gasteiger partial charge on any atom is 0.343 e. The van der Waals surface area contributed by atoms with E-state index >= 15 is 0 Å². The molecule has 0 fully saturated rings. The fourth-order valence-corrected chi connectivity index (χ4v) is 2.14. The summed E-state index contributed by atoms with van der Waals surface area (Å²) in [5, 5.41) is 4.25. The van der Waals surface area contributed by atoms with Crippen LogP contribution in [0.2, 0.25) is 0 Å². The third-order valence-corrected chi connectivity index (χ3v) is 3.02. The number of allylic oxidation sites excluding steroid dienone is 4. The second-order valence-corrected chi connectivity index (χ2v) is 4.18. The van der Waals surface area contributed by atoms with E-state index in [2.05, 4.69) is 22.2 Å². The van der Waals surface area contributed by atoms with Gasteiger partial charge in [0.15, 0.2) is 5.65 Å². The maximum atomic E-state index is 11.8. The Labute approximate surface area is 110 Å². The Morgan fingerprint density at radius 1 is 1.42 bits per heavy atom. The van der Waals surface area contributed by atoms with Gasteiger partial charge in [-0.05, 0) is 13.0 Å². The Balaban J connectivity index is 2.10. The van der Waals surface area contributed by atoms with E-state index in [1.165, 1.54) is 6.20 Å². The van der Waals surface area contributed by atoms with Crippen LogP contribution in [0.3, 0.4) is 0 Å². The van der Waals surface area contributed by atoms with Crippen molar-refractivity contribution in [3.63, 3.8) is 0 Å². The summed E-state index contributed by atoms with van der Waals surface area (Å²) in [4.78, 5) is 16.0. The molecule has 2 aromatic rings. The number of ether oxygens (including phenoxy) is 1. The molecule has 0 spiro atoms. The van der Waals surface area contributed by atoms with Crippen LogP contribution < -0.4 is 0 Å². The molecule has 0 N–H and O–H groups in total. The largest absolute Gasteiger partial charge is 0.462 e. The number of carbonyl (C=O) groups is 1. The van der Waals surface area contributed by atoms with Crippen molar-refractivity contribution < 1.29 is 9.53 Å². The molecule has 1 aliphatic rings. The van der Waals surface area contributed by atoms with Crippen LogP contribution in [0.5, 0.6) is 0 Å². The maximum absolute atomic E-state index is 11.8. The number of nitrogens with zero attached hydrogens (tertiary/aromatic N) is 3.